The number of anilines is 3. The van der Waals surface area contributed by atoms with Gasteiger partial charge in [0.2, 0.25) is 11.8 Å². The number of nitrogen functional groups attached to an aromatic ring is 1. The number of aromatic nitrogens is 4. The van der Waals surface area contributed by atoms with E-state index in [0.29, 0.717) is 16.8 Å². The summed E-state index contributed by atoms with van der Waals surface area (Å²) in [7, 11) is 0. The number of nitrogens with one attached hydrogen (secondary N) is 3. The third kappa shape index (κ3) is 4.45. The third-order valence-electron chi connectivity index (χ3n) is 5.68. The van der Waals surface area contributed by atoms with Crippen LogP contribution in [-0.4, -0.2) is 38.7 Å². The Morgan fingerprint density at radius 3 is 2.54 bits per heavy atom. The summed E-state index contributed by atoms with van der Waals surface area (Å²) >= 11 is 0. The number of rotatable bonds is 7. The fourth-order valence-electron chi connectivity index (χ4n) is 4.03. The molecule has 12 heteroatoms. The largest absolute Gasteiger partial charge is 0.444 e. The van der Waals surface area contributed by atoms with Gasteiger partial charge in [-0.1, -0.05) is 30.3 Å². The number of aromatic amines is 2. The number of hydrogen-bond acceptors (Lipinski definition) is 8. The number of fused-ring (bicyclic) bond motifs is 1. The van der Waals surface area contributed by atoms with E-state index in [9.17, 15) is 19.2 Å². The molecule has 1 amide bonds. The molecule has 3 aromatic heterocycles. The van der Waals surface area contributed by atoms with Crippen LogP contribution in [0.15, 0.2) is 49.1 Å². The molecule has 4 rings (SSSR count). The fourth-order valence-corrected chi connectivity index (χ4v) is 4.03. The molecule has 0 bridgehead atoms. The topological polar surface area (TPSA) is 172 Å². The maximum absolute atomic E-state index is 12.9. The van der Waals surface area contributed by atoms with Crippen LogP contribution < -0.4 is 32.8 Å². The average Bonchev–Trinajstić information content (AvgIpc) is 3.15. The van der Waals surface area contributed by atoms with Crippen LogP contribution in [0.5, 0.6) is 0 Å². The minimum Gasteiger partial charge on any atom is -0.444 e. The van der Waals surface area contributed by atoms with Crippen molar-refractivity contribution >= 4 is 34.1 Å². The molecule has 0 saturated carbocycles. The molecule has 0 unspecified atom stereocenters. The van der Waals surface area contributed by atoms with Crippen LogP contribution in [0.2, 0.25) is 0 Å². The van der Waals surface area contributed by atoms with Gasteiger partial charge >= 0.3 is 5.69 Å². The number of likely N-dealkylation sites (N-methyl/N-ethyl adjacent to an activating group) is 1. The number of amides is 1. The van der Waals surface area contributed by atoms with Gasteiger partial charge in [0.15, 0.2) is 0 Å². The standard InChI is InChI=1S/C23H25N7O5/c1-4-29(11-15(31)25-22-17-16(13(3)35-22)12(2)27-28-20(17)32)18-19(24)30(23(34)26-21(18)33)10-14-8-6-5-7-9-14/h5-9H,4,10-11,24H2,1-3H3,(H,25,31)(H,28,32)(H,26,33,34). The molecule has 1 aromatic carbocycles. The molecule has 0 atom stereocenters. The molecule has 5 N–H and O–H groups in total. The Balaban J connectivity index is 1.65. The van der Waals surface area contributed by atoms with Gasteiger partial charge in [0.1, 0.15) is 22.7 Å². The summed E-state index contributed by atoms with van der Waals surface area (Å²) in [6.07, 6.45) is 0. The van der Waals surface area contributed by atoms with E-state index in [2.05, 4.69) is 20.5 Å². The second-order valence-corrected chi connectivity index (χ2v) is 8.00. The summed E-state index contributed by atoms with van der Waals surface area (Å²) < 4.78 is 6.86. The molecule has 182 valence electrons. The molecular formula is C23H25N7O5. The molecule has 0 saturated heterocycles. The number of nitrogens with two attached hydrogens (primary N) is 1. The lowest BCUT2D eigenvalue weighted by molar-refractivity contribution is -0.115. The molecule has 12 nitrogen and oxygen atoms in total. The first kappa shape index (κ1) is 23.5. The zero-order valence-electron chi connectivity index (χ0n) is 19.5. The van der Waals surface area contributed by atoms with Crippen molar-refractivity contribution in [3.8, 4) is 0 Å². The van der Waals surface area contributed by atoms with Gasteiger partial charge in [0.05, 0.1) is 24.2 Å². The highest BCUT2D eigenvalue weighted by atomic mass is 16.4. The number of H-pyrrole nitrogens is 2. The van der Waals surface area contributed by atoms with Gasteiger partial charge in [-0.05, 0) is 26.3 Å². The SMILES string of the molecule is CCN(CC(=O)Nc1oc(C)c2c(C)n[nH]c(=O)c12)c1c(N)n(Cc2ccccc2)c(=O)[nH]c1=O. The van der Waals surface area contributed by atoms with E-state index in [-0.39, 0.29) is 42.4 Å². The molecule has 0 spiro atoms. The molecule has 4 aromatic rings. The highest BCUT2D eigenvalue weighted by Crippen LogP contribution is 2.28. The monoisotopic (exact) mass is 479 g/mol. The smallest absolute Gasteiger partial charge is 0.330 e. The van der Waals surface area contributed by atoms with Gasteiger partial charge in [0, 0.05) is 6.54 Å². The third-order valence-corrected chi connectivity index (χ3v) is 5.68. The van der Waals surface area contributed by atoms with Crippen LogP contribution >= 0.6 is 0 Å². The summed E-state index contributed by atoms with van der Waals surface area (Å²) in [5.41, 5.74) is 5.76. The molecule has 0 radical (unpaired) electrons. The zero-order valence-corrected chi connectivity index (χ0v) is 19.5. The summed E-state index contributed by atoms with van der Waals surface area (Å²) in [6.45, 7) is 5.23. The van der Waals surface area contributed by atoms with Crippen LogP contribution in [0.25, 0.3) is 10.8 Å². The lowest BCUT2D eigenvalue weighted by atomic mass is 10.2. The fraction of sp³-hybridized carbons (Fsp3) is 0.261. The zero-order chi connectivity index (χ0) is 25.3. The van der Waals surface area contributed by atoms with E-state index in [0.717, 1.165) is 5.56 Å². The van der Waals surface area contributed by atoms with Crippen molar-refractivity contribution in [3.05, 3.63) is 78.5 Å². The van der Waals surface area contributed by atoms with Crippen molar-refractivity contribution < 1.29 is 9.21 Å². The van der Waals surface area contributed by atoms with Crippen LogP contribution in [0.1, 0.15) is 23.9 Å². The molecule has 0 aliphatic heterocycles. The van der Waals surface area contributed by atoms with E-state index < -0.39 is 22.7 Å². The predicted octanol–water partition coefficient (Wildman–Crippen LogP) is 1.08. The number of furan rings is 1. The Hall–Kier alpha value is -4.61. The Kier molecular flexibility index (Phi) is 6.28. The predicted molar refractivity (Wildman–Crippen MR) is 132 cm³/mol. The maximum Gasteiger partial charge on any atom is 0.330 e. The second kappa shape index (κ2) is 9.33. The summed E-state index contributed by atoms with van der Waals surface area (Å²) in [5.74, 6) is -0.181. The van der Waals surface area contributed by atoms with Gasteiger partial charge in [-0.15, -0.1) is 0 Å². The molecule has 3 heterocycles. The van der Waals surface area contributed by atoms with Crippen LogP contribution in [0.4, 0.5) is 17.4 Å². The normalized spacial score (nSPS) is 11.1. The van der Waals surface area contributed by atoms with Gasteiger partial charge < -0.3 is 15.1 Å². The number of carbonyl (C=O) groups excluding carboxylic acids is 1. The van der Waals surface area contributed by atoms with E-state index in [1.54, 1.807) is 20.8 Å². The van der Waals surface area contributed by atoms with Gasteiger partial charge in [-0.2, -0.15) is 5.10 Å². The van der Waals surface area contributed by atoms with E-state index in [4.69, 9.17) is 10.2 Å². The first-order valence-corrected chi connectivity index (χ1v) is 10.9. The van der Waals surface area contributed by atoms with Gasteiger partial charge in [-0.3, -0.25) is 29.3 Å². The van der Waals surface area contributed by atoms with Crippen molar-refractivity contribution in [3.63, 3.8) is 0 Å². The number of nitrogens with zero attached hydrogens (tertiary/aromatic N) is 3. The lowest BCUT2D eigenvalue weighted by Crippen LogP contribution is -2.41. The van der Waals surface area contributed by atoms with E-state index in [1.807, 2.05) is 30.3 Å². The minimum absolute atomic E-state index is 0.00319. The van der Waals surface area contributed by atoms with E-state index >= 15 is 0 Å². The lowest BCUT2D eigenvalue weighted by Gasteiger charge is -2.24. The quantitative estimate of drug-likeness (QED) is 0.305. The average molecular weight is 479 g/mol. The molecule has 0 aliphatic carbocycles. The molecular weight excluding hydrogens is 454 g/mol. The molecule has 0 fully saturated rings. The highest BCUT2D eigenvalue weighted by Gasteiger charge is 2.23. The Morgan fingerprint density at radius 1 is 1.14 bits per heavy atom. The summed E-state index contributed by atoms with van der Waals surface area (Å²) in [4.78, 5) is 54.1. The molecule has 0 aliphatic rings. The highest BCUT2D eigenvalue weighted by molar-refractivity contribution is 6.02. The first-order chi connectivity index (χ1) is 16.7. The second-order valence-electron chi connectivity index (χ2n) is 8.00. The minimum atomic E-state index is -0.705. The van der Waals surface area contributed by atoms with Gasteiger partial charge in [0.25, 0.3) is 11.1 Å². The van der Waals surface area contributed by atoms with Crippen molar-refractivity contribution in [2.45, 2.75) is 27.3 Å². The summed E-state index contributed by atoms with van der Waals surface area (Å²) in [6, 6.07) is 9.16. The van der Waals surface area contributed by atoms with Crippen LogP contribution in [0.3, 0.4) is 0 Å². The Labute approximate surface area is 198 Å². The molecule has 35 heavy (non-hydrogen) atoms. The van der Waals surface area contributed by atoms with E-state index in [1.165, 1.54) is 9.47 Å². The first-order valence-electron chi connectivity index (χ1n) is 10.9. The van der Waals surface area contributed by atoms with Crippen molar-refractivity contribution in [2.24, 2.45) is 0 Å². The van der Waals surface area contributed by atoms with Crippen molar-refractivity contribution in [1.29, 1.82) is 0 Å². The maximum atomic E-state index is 12.9. The number of aryl methyl sites for hydroxylation is 2. The number of hydrogen-bond donors (Lipinski definition) is 4. The van der Waals surface area contributed by atoms with Crippen molar-refractivity contribution in [2.75, 3.05) is 29.0 Å². The number of carbonyl (C=O) groups is 1. The van der Waals surface area contributed by atoms with Crippen LogP contribution in [0, 0.1) is 13.8 Å². The number of benzene rings is 1. The Bertz CT molecular complexity index is 1580. The van der Waals surface area contributed by atoms with Crippen LogP contribution in [-0.2, 0) is 11.3 Å². The van der Waals surface area contributed by atoms with Crippen molar-refractivity contribution in [1.82, 2.24) is 19.7 Å². The summed E-state index contributed by atoms with van der Waals surface area (Å²) in [5, 5.41) is 9.60. The Morgan fingerprint density at radius 2 is 1.86 bits per heavy atom. The van der Waals surface area contributed by atoms with Gasteiger partial charge in [-0.25, -0.2) is 9.89 Å².